The summed E-state index contributed by atoms with van der Waals surface area (Å²) >= 11 is 1.61. The van der Waals surface area contributed by atoms with Gasteiger partial charge >= 0.3 is 5.97 Å². The topological polar surface area (TPSA) is 70.1 Å². The molecule has 0 spiro atoms. The standard InChI is InChI=1S/C14H17N3O2S/c1-19-14(18)13(15)10-20-9-11-3-5-12(6-4-11)17-8-2-7-16-17/h2-8,13H,9-10,15H2,1H3. The van der Waals surface area contributed by atoms with Crippen LogP contribution >= 0.6 is 11.8 Å². The molecule has 0 saturated carbocycles. The van der Waals surface area contributed by atoms with Crippen molar-refractivity contribution in [2.45, 2.75) is 11.8 Å². The third-order valence-corrected chi connectivity index (χ3v) is 3.91. The lowest BCUT2D eigenvalue weighted by Gasteiger charge is -2.09. The first-order valence-corrected chi connectivity index (χ1v) is 7.36. The molecule has 6 heteroatoms. The number of nitrogens with zero attached hydrogens (tertiary/aromatic N) is 2. The van der Waals surface area contributed by atoms with E-state index in [1.54, 1.807) is 18.0 Å². The summed E-state index contributed by atoms with van der Waals surface area (Å²) in [5.41, 5.74) is 7.88. The van der Waals surface area contributed by atoms with Gasteiger partial charge in [0.25, 0.3) is 0 Å². The fourth-order valence-electron chi connectivity index (χ4n) is 1.69. The first-order chi connectivity index (χ1) is 9.70. The number of ether oxygens (including phenoxy) is 1. The molecule has 0 amide bonds. The van der Waals surface area contributed by atoms with Crippen molar-refractivity contribution in [2.24, 2.45) is 5.73 Å². The highest BCUT2D eigenvalue weighted by Crippen LogP contribution is 2.15. The zero-order valence-electron chi connectivity index (χ0n) is 11.2. The summed E-state index contributed by atoms with van der Waals surface area (Å²) in [6.45, 7) is 0. The number of thioether (sulfide) groups is 1. The van der Waals surface area contributed by atoms with Gasteiger partial charge < -0.3 is 10.5 Å². The van der Waals surface area contributed by atoms with E-state index in [1.165, 1.54) is 12.7 Å². The molecule has 0 bridgehead atoms. The Morgan fingerprint density at radius 1 is 1.45 bits per heavy atom. The average Bonchev–Trinajstić information content (AvgIpc) is 3.01. The van der Waals surface area contributed by atoms with Crippen molar-refractivity contribution in [3.8, 4) is 5.69 Å². The molecule has 1 heterocycles. The molecule has 106 valence electrons. The van der Waals surface area contributed by atoms with Crippen molar-refractivity contribution in [3.05, 3.63) is 48.3 Å². The van der Waals surface area contributed by atoms with Crippen molar-refractivity contribution in [1.29, 1.82) is 0 Å². The summed E-state index contributed by atoms with van der Waals surface area (Å²) in [4.78, 5) is 11.2. The Kier molecular flexibility index (Phi) is 5.20. The lowest BCUT2D eigenvalue weighted by atomic mass is 10.2. The molecule has 1 aromatic heterocycles. The zero-order valence-corrected chi connectivity index (χ0v) is 12.0. The van der Waals surface area contributed by atoms with E-state index in [9.17, 15) is 4.79 Å². The molecule has 0 radical (unpaired) electrons. The number of carbonyl (C=O) groups excluding carboxylic acids is 1. The Morgan fingerprint density at radius 2 is 2.20 bits per heavy atom. The molecular weight excluding hydrogens is 274 g/mol. The average molecular weight is 291 g/mol. The minimum absolute atomic E-state index is 0.369. The van der Waals surface area contributed by atoms with Gasteiger partial charge in [0.2, 0.25) is 0 Å². The molecule has 1 aromatic carbocycles. The van der Waals surface area contributed by atoms with Gasteiger partial charge in [0.15, 0.2) is 0 Å². The molecule has 2 N–H and O–H groups in total. The van der Waals surface area contributed by atoms with Crippen LogP contribution in [-0.4, -0.2) is 34.7 Å². The van der Waals surface area contributed by atoms with E-state index in [4.69, 9.17) is 5.73 Å². The molecule has 2 rings (SSSR count). The van der Waals surface area contributed by atoms with Crippen molar-refractivity contribution in [1.82, 2.24) is 9.78 Å². The normalized spacial score (nSPS) is 12.1. The van der Waals surface area contributed by atoms with Gasteiger partial charge in [-0.1, -0.05) is 12.1 Å². The number of esters is 1. The van der Waals surface area contributed by atoms with Gasteiger partial charge in [0, 0.05) is 23.9 Å². The Hall–Kier alpha value is -1.79. The molecule has 0 fully saturated rings. The summed E-state index contributed by atoms with van der Waals surface area (Å²) in [5, 5.41) is 4.17. The first kappa shape index (κ1) is 14.6. The molecular formula is C14H17N3O2S. The quantitative estimate of drug-likeness (QED) is 0.819. The van der Waals surface area contributed by atoms with E-state index in [0.717, 1.165) is 11.4 Å². The summed E-state index contributed by atoms with van der Waals surface area (Å²) < 4.78 is 6.39. The molecule has 1 unspecified atom stereocenters. The highest BCUT2D eigenvalue weighted by atomic mass is 32.2. The molecule has 0 aliphatic carbocycles. The minimum atomic E-state index is -0.562. The van der Waals surface area contributed by atoms with E-state index < -0.39 is 6.04 Å². The van der Waals surface area contributed by atoms with Gasteiger partial charge in [0.05, 0.1) is 12.8 Å². The number of nitrogens with two attached hydrogens (primary N) is 1. The highest BCUT2D eigenvalue weighted by molar-refractivity contribution is 7.98. The van der Waals surface area contributed by atoms with Crippen molar-refractivity contribution in [3.63, 3.8) is 0 Å². The summed E-state index contributed by atoms with van der Waals surface area (Å²) in [6, 6.07) is 9.46. The van der Waals surface area contributed by atoms with E-state index in [1.807, 2.05) is 41.2 Å². The number of carbonyl (C=O) groups is 1. The predicted molar refractivity (Wildman–Crippen MR) is 79.7 cm³/mol. The van der Waals surface area contributed by atoms with E-state index in [2.05, 4.69) is 9.84 Å². The van der Waals surface area contributed by atoms with Crippen LogP contribution in [0.15, 0.2) is 42.7 Å². The molecule has 0 aliphatic rings. The number of aromatic nitrogens is 2. The van der Waals surface area contributed by atoms with Gasteiger partial charge in [-0.25, -0.2) is 4.68 Å². The van der Waals surface area contributed by atoms with Crippen LogP contribution in [0.2, 0.25) is 0 Å². The fourth-order valence-corrected chi connectivity index (χ4v) is 2.63. The lowest BCUT2D eigenvalue weighted by molar-refractivity contribution is -0.141. The molecule has 5 nitrogen and oxygen atoms in total. The van der Waals surface area contributed by atoms with Gasteiger partial charge in [-0.2, -0.15) is 16.9 Å². The van der Waals surface area contributed by atoms with Gasteiger partial charge in [-0.3, -0.25) is 4.79 Å². The fraction of sp³-hybridized carbons (Fsp3) is 0.286. The Morgan fingerprint density at radius 3 is 2.80 bits per heavy atom. The van der Waals surface area contributed by atoms with E-state index in [0.29, 0.717) is 5.75 Å². The first-order valence-electron chi connectivity index (χ1n) is 6.21. The van der Waals surface area contributed by atoms with Crippen LogP contribution in [0.5, 0.6) is 0 Å². The van der Waals surface area contributed by atoms with E-state index >= 15 is 0 Å². The van der Waals surface area contributed by atoms with Crippen LogP contribution in [0, 0.1) is 0 Å². The number of methoxy groups -OCH3 is 1. The van der Waals surface area contributed by atoms with Crippen LogP contribution < -0.4 is 5.73 Å². The second kappa shape index (κ2) is 7.12. The van der Waals surface area contributed by atoms with Crippen LogP contribution in [0.4, 0.5) is 0 Å². The second-order valence-corrected chi connectivity index (χ2v) is 5.29. The summed E-state index contributed by atoms with van der Waals surface area (Å²) in [6.07, 6.45) is 3.65. The molecule has 0 saturated heterocycles. The third kappa shape index (κ3) is 3.85. The molecule has 0 aliphatic heterocycles. The maximum atomic E-state index is 11.2. The van der Waals surface area contributed by atoms with Gasteiger partial charge in [-0.15, -0.1) is 0 Å². The Labute approximate surface area is 122 Å². The number of hydrogen-bond acceptors (Lipinski definition) is 5. The van der Waals surface area contributed by atoms with Gasteiger partial charge in [0.1, 0.15) is 6.04 Å². The number of hydrogen-bond donors (Lipinski definition) is 1. The monoisotopic (exact) mass is 291 g/mol. The second-order valence-electron chi connectivity index (χ2n) is 4.26. The lowest BCUT2D eigenvalue weighted by Crippen LogP contribution is -2.33. The third-order valence-electron chi connectivity index (χ3n) is 2.78. The van der Waals surface area contributed by atoms with Crippen molar-refractivity contribution < 1.29 is 9.53 Å². The van der Waals surface area contributed by atoms with Crippen LogP contribution in [0.1, 0.15) is 5.56 Å². The van der Waals surface area contributed by atoms with Crippen LogP contribution in [-0.2, 0) is 15.3 Å². The minimum Gasteiger partial charge on any atom is -0.468 e. The van der Waals surface area contributed by atoms with Crippen LogP contribution in [0.25, 0.3) is 5.69 Å². The largest absolute Gasteiger partial charge is 0.468 e. The zero-order chi connectivity index (χ0) is 14.4. The number of benzene rings is 1. The Bertz CT molecular complexity index is 540. The molecule has 1 atom stereocenters. The number of rotatable bonds is 6. The SMILES string of the molecule is COC(=O)C(N)CSCc1ccc(-n2cccn2)cc1. The molecule has 2 aromatic rings. The van der Waals surface area contributed by atoms with E-state index in [-0.39, 0.29) is 5.97 Å². The maximum Gasteiger partial charge on any atom is 0.323 e. The molecule has 20 heavy (non-hydrogen) atoms. The van der Waals surface area contributed by atoms with Crippen LogP contribution in [0.3, 0.4) is 0 Å². The predicted octanol–water partition coefficient (Wildman–Crippen LogP) is 1.61. The van der Waals surface area contributed by atoms with Crippen molar-refractivity contribution >= 4 is 17.7 Å². The Balaban J connectivity index is 1.84. The smallest absolute Gasteiger partial charge is 0.323 e. The summed E-state index contributed by atoms with van der Waals surface area (Å²) in [7, 11) is 1.35. The van der Waals surface area contributed by atoms with Crippen molar-refractivity contribution in [2.75, 3.05) is 12.9 Å². The van der Waals surface area contributed by atoms with Gasteiger partial charge in [-0.05, 0) is 23.8 Å². The highest BCUT2D eigenvalue weighted by Gasteiger charge is 2.13. The maximum absolute atomic E-state index is 11.2. The summed E-state index contributed by atoms with van der Waals surface area (Å²) in [5.74, 6) is 0.990.